The number of nitrogens with zero attached hydrogens (tertiary/aromatic N) is 3. The van der Waals surface area contributed by atoms with Crippen LogP contribution in [0.25, 0.3) is 11.4 Å². The topological polar surface area (TPSA) is 104 Å². The van der Waals surface area contributed by atoms with Crippen molar-refractivity contribution < 1.29 is 9.90 Å². The number of carbonyl (C=O) groups is 1. The van der Waals surface area contributed by atoms with Gasteiger partial charge in [-0.05, 0) is 48.6 Å². The van der Waals surface area contributed by atoms with Gasteiger partial charge in [-0.3, -0.25) is 4.79 Å². The van der Waals surface area contributed by atoms with Crippen LogP contribution in [0.2, 0.25) is 0 Å². The summed E-state index contributed by atoms with van der Waals surface area (Å²) in [5.74, 6) is 0.699. The number of aromatic hydroxyl groups is 1. The first-order valence-corrected chi connectivity index (χ1v) is 7.24. The van der Waals surface area contributed by atoms with Crippen LogP contribution in [0.15, 0.2) is 30.4 Å². The molecule has 0 bridgehead atoms. The number of aromatic nitrogens is 4. The van der Waals surface area contributed by atoms with Crippen LogP contribution >= 0.6 is 0 Å². The fourth-order valence-corrected chi connectivity index (χ4v) is 2.56. The molecule has 114 valence electrons. The Morgan fingerprint density at radius 2 is 2.32 bits per heavy atom. The lowest BCUT2D eigenvalue weighted by atomic mass is 9.91. The number of benzene rings is 1. The van der Waals surface area contributed by atoms with Gasteiger partial charge in [-0.1, -0.05) is 12.2 Å². The summed E-state index contributed by atoms with van der Waals surface area (Å²) in [7, 11) is 0. The SMILES string of the molecule is O=C(CC1CC=CCC1)Nc1cc(-c2nn[nH]n2)ccc1O. The van der Waals surface area contributed by atoms with Crippen molar-refractivity contribution in [3.05, 3.63) is 30.4 Å². The number of H-pyrrole nitrogens is 1. The minimum atomic E-state index is -0.0964. The maximum absolute atomic E-state index is 12.1. The van der Waals surface area contributed by atoms with E-state index in [4.69, 9.17) is 0 Å². The molecule has 7 heteroatoms. The van der Waals surface area contributed by atoms with E-state index < -0.39 is 0 Å². The standard InChI is InChI=1S/C15H17N5O2/c21-13-7-6-11(15-17-19-20-18-15)9-12(13)16-14(22)8-10-4-2-1-3-5-10/h1-2,6-7,9-10,21H,3-5,8H2,(H,16,22)(H,17,18,19,20). The molecule has 1 aromatic heterocycles. The maximum atomic E-state index is 12.1. The average Bonchev–Trinajstić information content (AvgIpc) is 3.05. The van der Waals surface area contributed by atoms with Gasteiger partial charge in [0.15, 0.2) is 0 Å². The predicted molar refractivity (Wildman–Crippen MR) is 81.0 cm³/mol. The summed E-state index contributed by atoms with van der Waals surface area (Å²) in [6.45, 7) is 0. The van der Waals surface area contributed by atoms with E-state index in [0.29, 0.717) is 29.4 Å². The van der Waals surface area contributed by atoms with Gasteiger partial charge in [0.25, 0.3) is 0 Å². The van der Waals surface area contributed by atoms with Crippen LogP contribution in [0.5, 0.6) is 5.75 Å². The first-order chi connectivity index (χ1) is 10.7. The molecule has 1 aromatic carbocycles. The second-order valence-corrected chi connectivity index (χ2v) is 5.37. The highest BCUT2D eigenvalue weighted by atomic mass is 16.3. The molecule has 3 N–H and O–H groups in total. The predicted octanol–water partition coefficient (Wildman–Crippen LogP) is 2.26. The quantitative estimate of drug-likeness (QED) is 0.593. The maximum Gasteiger partial charge on any atom is 0.224 e. The number of hydrogen-bond acceptors (Lipinski definition) is 5. The first-order valence-electron chi connectivity index (χ1n) is 7.24. The number of hydrogen-bond donors (Lipinski definition) is 3. The van der Waals surface area contributed by atoms with Gasteiger partial charge in [-0.25, -0.2) is 0 Å². The molecule has 1 aliphatic rings. The lowest BCUT2D eigenvalue weighted by Gasteiger charge is -2.17. The Bertz CT molecular complexity index is 681. The van der Waals surface area contributed by atoms with Crippen molar-refractivity contribution in [2.45, 2.75) is 25.7 Å². The number of carbonyl (C=O) groups excluding carboxylic acids is 1. The molecule has 1 aliphatic carbocycles. The van der Waals surface area contributed by atoms with Crippen molar-refractivity contribution in [3.63, 3.8) is 0 Å². The van der Waals surface area contributed by atoms with Crippen molar-refractivity contribution in [1.82, 2.24) is 20.6 Å². The summed E-state index contributed by atoms with van der Waals surface area (Å²) in [6, 6.07) is 4.81. The van der Waals surface area contributed by atoms with Crippen LogP contribution in [0, 0.1) is 5.92 Å². The second kappa shape index (κ2) is 6.38. The number of anilines is 1. The molecule has 22 heavy (non-hydrogen) atoms. The highest BCUT2D eigenvalue weighted by molar-refractivity contribution is 5.93. The van der Waals surface area contributed by atoms with Crippen molar-refractivity contribution >= 4 is 11.6 Å². The Balaban J connectivity index is 1.70. The fraction of sp³-hybridized carbons (Fsp3) is 0.333. The molecule has 0 radical (unpaired) electrons. The van der Waals surface area contributed by atoms with Gasteiger partial charge in [0.2, 0.25) is 11.7 Å². The highest BCUT2D eigenvalue weighted by Crippen LogP contribution is 2.29. The number of rotatable bonds is 4. The largest absolute Gasteiger partial charge is 0.506 e. The third-order valence-corrected chi connectivity index (χ3v) is 3.73. The number of amides is 1. The van der Waals surface area contributed by atoms with Crippen molar-refractivity contribution in [3.8, 4) is 17.1 Å². The number of allylic oxidation sites excluding steroid dienone is 2. The third-order valence-electron chi connectivity index (χ3n) is 3.73. The Hall–Kier alpha value is -2.70. The molecule has 0 saturated carbocycles. The first kappa shape index (κ1) is 14.2. The molecular weight excluding hydrogens is 282 g/mol. The molecule has 3 rings (SSSR count). The number of phenols is 1. The fourth-order valence-electron chi connectivity index (χ4n) is 2.56. The molecule has 1 unspecified atom stereocenters. The summed E-state index contributed by atoms with van der Waals surface area (Å²) >= 11 is 0. The van der Waals surface area contributed by atoms with E-state index in [1.807, 2.05) is 0 Å². The minimum absolute atomic E-state index is 0.0177. The zero-order valence-corrected chi connectivity index (χ0v) is 12.0. The zero-order valence-electron chi connectivity index (χ0n) is 12.0. The Morgan fingerprint density at radius 3 is 3.05 bits per heavy atom. The molecule has 7 nitrogen and oxygen atoms in total. The summed E-state index contributed by atoms with van der Waals surface area (Å²) in [5, 5.41) is 26.3. The molecule has 0 fully saturated rings. The average molecular weight is 299 g/mol. The van der Waals surface area contributed by atoms with E-state index in [1.165, 1.54) is 6.07 Å². The van der Waals surface area contributed by atoms with Crippen LogP contribution in [0.4, 0.5) is 5.69 Å². The van der Waals surface area contributed by atoms with Gasteiger partial charge < -0.3 is 10.4 Å². The van der Waals surface area contributed by atoms with Crippen LogP contribution in [-0.4, -0.2) is 31.6 Å². The van der Waals surface area contributed by atoms with Gasteiger partial charge in [-0.15, -0.1) is 10.2 Å². The zero-order chi connectivity index (χ0) is 15.4. The van der Waals surface area contributed by atoms with Crippen molar-refractivity contribution in [1.29, 1.82) is 0 Å². The van der Waals surface area contributed by atoms with Crippen LogP contribution in [0.1, 0.15) is 25.7 Å². The van der Waals surface area contributed by atoms with Crippen LogP contribution in [-0.2, 0) is 4.79 Å². The Labute approximate surface area is 127 Å². The molecule has 1 atom stereocenters. The molecular formula is C15H17N5O2. The monoisotopic (exact) mass is 299 g/mol. The second-order valence-electron chi connectivity index (χ2n) is 5.37. The molecule has 1 heterocycles. The molecule has 0 aliphatic heterocycles. The Kier molecular flexibility index (Phi) is 4.13. The molecule has 0 spiro atoms. The molecule has 2 aromatic rings. The number of nitrogens with one attached hydrogen (secondary N) is 2. The van der Waals surface area contributed by atoms with E-state index >= 15 is 0 Å². The normalized spacial score (nSPS) is 17.4. The molecule has 1 amide bonds. The minimum Gasteiger partial charge on any atom is -0.506 e. The van der Waals surface area contributed by atoms with Gasteiger partial charge in [0.1, 0.15) is 5.75 Å². The summed E-state index contributed by atoms with van der Waals surface area (Å²) in [6.07, 6.45) is 7.71. The van der Waals surface area contributed by atoms with Gasteiger partial charge >= 0.3 is 0 Å². The number of phenolic OH excluding ortho intramolecular Hbond substituents is 1. The lowest BCUT2D eigenvalue weighted by Crippen LogP contribution is -2.17. The van der Waals surface area contributed by atoms with Crippen LogP contribution in [0.3, 0.4) is 0 Å². The van der Waals surface area contributed by atoms with Gasteiger partial charge in [-0.2, -0.15) is 5.21 Å². The van der Waals surface area contributed by atoms with E-state index in [1.54, 1.807) is 12.1 Å². The van der Waals surface area contributed by atoms with E-state index in [0.717, 1.165) is 19.3 Å². The van der Waals surface area contributed by atoms with Crippen molar-refractivity contribution in [2.24, 2.45) is 5.92 Å². The van der Waals surface area contributed by atoms with E-state index in [-0.39, 0.29) is 11.7 Å². The third kappa shape index (κ3) is 3.30. The highest BCUT2D eigenvalue weighted by Gasteiger charge is 2.16. The van der Waals surface area contributed by atoms with E-state index in [9.17, 15) is 9.90 Å². The van der Waals surface area contributed by atoms with Gasteiger partial charge in [0, 0.05) is 12.0 Å². The number of aromatic amines is 1. The lowest BCUT2D eigenvalue weighted by molar-refractivity contribution is -0.117. The number of tetrazole rings is 1. The summed E-state index contributed by atoms with van der Waals surface area (Å²) < 4.78 is 0. The molecule has 0 saturated heterocycles. The summed E-state index contributed by atoms with van der Waals surface area (Å²) in [5.41, 5.74) is 1.03. The smallest absolute Gasteiger partial charge is 0.224 e. The van der Waals surface area contributed by atoms with Gasteiger partial charge in [0.05, 0.1) is 5.69 Å². The van der Waals surface area contributed by atoms with Crippen LogP contribution < -0.4 is 5.32 Å². The Morgan fingerprint density at radius 1 is 1.41 bits per heavy atom. The van der Waals surface area contributed by atoms with Crippen molar-refractivity contribution in [2.75, 3.05) is 5.32 Å². The summed E-state index contributed by atoms with van der Waals surface area (Å²) in [4.78, 5) is 12.1. The van der Waals surface area contributed by atoms with E-state index in [2.05, 4.69) is 38.1 Å².